The van der Waals surface area contributed by atoms with Crippen molar-refractivity contribution in [3.05, 3.63) is 34.4 Å². The first kappa shape index (κ1) is 23.4. The molecule has 0 aromatic heterocycles. The Morgan fingerprint density at radius 1 is 1.22 bits per heavy atom. The van der Waals surface area contributed by atoms with Crippen molar-refractivity contribution >= 4 is 23.4 Å². The first-order valence-corrected chi connectivity index (χ1v) is 11.5. The van der Waals surface area contributed by atoms with Gasteiger partial charge >= 0.3 is 0 Å². The number of carbonyl (C=O) groups excluding carboxylic acids is 2. The Kier molecular flexibility index (Phi) is 6.22. The van der Waals surface area contributed by atoms with Crippen molar-refractivity contribution < 1.29 is 27.9 Å². The number of hydrogen-bond donors (Lipinski definition) is 3. The van der Waals surface area contributed by atoms with Crippen molar-refractivity contribution in [2.75, 3.05) is 6.54 Å². The molecule has 32 heavy (non-hydrogen) atoms. The van der Waals surface area contributed by atoms with Crippen LogP contribution in [0.5, 0.6) is 0 Å². The molecule has 1 aromatic rings. The molecular weight excluding hydrogens is 445 g/mol. The van der Waals surface area contributed by atoms with Crippen molar-refractivity contribution in [3.63, 3.8) is 0 Å². The van der Waals surface area contributed by atoms with Crippen LogP contribution in [-0.2, 0) is 9.59 Å². The molecule has 3 saturated carbocycles. The summed E-state index contributed by atoms with van der Waals surface area (Å²) >= 11 is 5.93. The third-order valence-electron chi connectivity index (χ3n) is 7.72. The zero-order chi connectivity index (χ0) is 23.3. The molecule has 2 bridgehead atoms. The van der Waals surface area contributed by atoms with Crippen LogP contribution in [0, 0.1) is 28.9 Å². The lowest BCUT2D eigenvalue weighted by molar-refractivity contribution is -0.127. The van der Waals surface area contributed by atoms with Crippen LogP contribution in [0.1, 0.15) is 63.5 Å². The van der Waals surface area contributed by atoms with Gasteiger partial charge in [-0.3, -0.25) is 9.59 Å². The van der Waals surface area contributed by atoms with Gasteiger partial charge in [0.1, 0.15) is 17.3 Å². The van der Waals surface area contributed by atoms with Crippen LogP contribution in [0.2, 0.25) is 5.02 Å². The topological polar surface area (TPSA) is 78.4 Å². The number of carbonyl (C=O) groups is 2. The maximum atomic E-state index is 15.0. The highest BCUT2D eigenvalue weighted by Crippen LogP contribution is 2.63. The van der Waals surface area contributed by atoms with E-state index in [-0.39, 0.29) is 41.8 Å². The summed E-state index contributed by atoms with van der Waals surface area (Å²) < 4.78 is 44.8. The van der Waals surface area contributed by atoms with Gasteiger partial charge in [-0.25, -0.2) is 13.2 Å². The van der Waals surface area contributed by atoms with Gasteiger partial charge in [0.05, 0.1) is 17.2 Å². The lowest BCUT2D eigenvalue weighted by atomic mass is 9.74. The Balaban J connectivity index is 1.59. The second-order valence-electron chi connectivity index (χ2n) is 9.82. The average molecular weight is 473 g/mol. The number of aliphatic hydroxyl groups is 1. The van der Waals surface area contributed by atoms with Crippen LogP contribution in [-0.4, -0.2) is 35.2 Å². The molecule has 9 heteroatoms. The summed E-state index contributed by atoms with van der Waals surface area (Å²) in [5.41, 5.74) is -2.49. The molecule has 3 fully saturated rings. The Labute approximate surface area is 190 Å². The van der Waals surface area contributed by atoms with Crippen LogP contribution in [0.3, 0.4) is 0 Å². The van der Waals surface area contributed by atoms with Gasteiger partial charge in [0.2, 0.25) is 11.8 Å². The average Bonchev–Trinajstić information content (AvgIpc) is 3.39. The van der Waals surface area contributed by atoms with E-state index in [1.54, 1.807) is 0 Å². The molecular formula is C23H28ClF3N2O3. The van der Waals surface area contributed by atoms with E-state index in [1.165, 1.54) is 6.92 Å². The molecule has 0 radical (unpaired) electrons. The monoisotopic (exact) mass is 472 g/mol. The molecule has 4 rings (SSSR count). The van der Waals surface area contributed by atoms with Gasteiger partial charge in [0, 0.05) is 30.9 Å². The van der Waals surface area contributed by atoms with Gasteiger partial charge < -0.3 is 15.7 Å². The fourth-order valence-electron chi connectivity index (χ4n) is 5.98. The van der Waals surface area contributed by atoms with Crippen molar-refractivity contribution in [2.24, 2.45) is 17.3 Å². The van der Waals surface area contributed by atoms with Crippen LogP contribution in [0.25, 0.3) is 0 Å². The van der Waals surface area contributed by atoms with E-state index >= 15 is 4.39 Å². The van der Waals surface area contributed by atoms with E-state index < -0.39 is 46.7 Å². The Hall–Kier alpha value is -1.80. The Morgan fingerprint density at radius 3 is 2.50 bits per heavy atom. The standard InChI is InChI=1S/C23H28ClF3N2O3/c1-12(30)28-10-14-8-13(9-17(14)31)21(32)29-20(18-16(25)3-2-15(24)19(18)26)22-4-6-23(27,11-22)7-5-22/h2-3,13-14,17,20,31H,4-11H2,1H3,(H,28,30)(H,29,32)/t13-,14?,17+,20+,22?,23?/m0/s1. The zero-order valence-corrected chi connectivity index (χ0v) is 18.7. The van der Waals surface area contributed by atoms with Gasteiger partial charge in [0.15, 0.2) is 0 Å². The number of nitrogens with one attached hydrogen (secondary N) is 2. The van der Waals surface area contributed by atoms with Crippen LogP contribution < -0.4 is 10.6 Å². The molecule has 3 N–H and O–H groups in total. The summed E-state index contributed by atoms with van der Waals surface area (Å²) in [4.78, 5) is 24.4. The minimum Gasteiger partial charge on any atom is -0.393 e. The predicted octanol–water partition coefficient (Wildman–Crippen LogP) is 3.97. The van der Waals surface area contributed by atoms with Crippen LogP contribution in [0.4, 0.5) is 13.2 Å². The maximum Gasteiger partial charge on any atom is 0.223 e. The number of fused-ring (bicyclic) bond motifs is 2. The highest BCUT2D eigenvalue weighted by molar-refractivity contribution is 6.30. The van der Waals surface area contributed by atoms with Gasteiger partial charge in [-0.05, 0) is 62.5 Å². The minimum atomic E-state index is -1.37. The molecule has 2 amide bonds. The molecule has 4 atom stereocenters. The normalized spacial score (nSPS) is 34.5. The molecule has 3 aliphatic rings. The van der Waals surface area contributed by atoms with Gasteiger partial charge in [-0.1, -0.05) is 11.6 Å². The second-order valence-corrected chi connectivity index (χ2v) is 10.2. The number of alkyl halides is 1. The summed E-state index contributed by atoms with van der Waals surface area (Å²) in [6, 6.07) is 1.13. The van der Waals surface area contributed by atoms with Gasteiger partial charge in [-0.15, -0.1) is 0 Å². The summed E-state index contributed by atoms with van der Waals surface area (Å²) in [7, 11) is 0. The van der Waals surface area contributed by atoms with E-state index in [2.05, 4.69) is 10.6 Å². The van der Waals surface area contributed by atoms with Crippen LogP contribution in [0.15, 0.2) is 12.1 Å². The lowest BCUT2D eigenvalue weighted by Crippen LogP contribution is -2.42. The van der Waals surface area contributed by atoms with Gasteiger partial charge in [0.25, 0.3) is 0 Å². The lowest BCUT2D eigenvalue weighted by Gasteiger charge is -2.37. The van der Waals surface area contributed by atoms with Crippen molar-refractivity contribution in [2.45, 2.75) is 69.7 Å². The Bertz CT molecular complexity index is 920. The number of benzene rings is 1. The molecule has 5 nitrogen and oxygen atoms in total. The minimum absolute atomic E-state index is 0.134. The number of hydrogen-bond acceptors (Lipinski definition) is 3. The first-order chi connectivity index (χ1) is 15.0. The molecule has 0 spiro atoms. The molecule has 0 aliphatic heterocycles. The number of aliphatic hydroxyl groups excluding tert-OH is 1. The Morgan fingerprint density at radius 2 is 1.91 bits per heavy atom. The number of halogens is 4. The largest absolute Gasteiger partial charge is 0.393 e. The second kappa shape index (κ2) is 8.52. The van der Waals surface area contributed by atoms with Crippen molar-refractivity contribution in [1.82, 2.24) is 10.6 Å². The van der Waals surface area contributed by atoms with Gasteiger partial charge in [-0.2, -0.15) is 0 Å². The molecule has 3 aliphatic carbocycles. The van der Waals surface area contributed by atoms with E-state index in [0.29, 0.717) is 32.1 Å². The number of rotatable bonds is 6. The van der Waals surface area contributed by atoms with Crippen LogP contribution >= 0.6 is 11.6 Å². The molecule has 1 aromatic carbocycles. The summed E-state index contributed by atoms with van der Waals surface area (Å²) in [6.45, 7) is 1.62. The third kappa shape index (κ3) is 4.23. The predicted molar refractivity (Wildman–Crippen MR) is 113 cm³/mol. The summed E-state index contributed by atoms with van der Waals surface area (Å²) in [5, 5.41) is 15.5. The maximum absolute atomic E-state index is 15.0. The van der Waals surface area contributed by atoms with E-state index in [9.17, 15) is 23.5 Å². The molecule has 1 unspecified atom stereocenters. The molecule has 0 saturated heterocycles. The fraction of sp³-hybridized carbons (Fsp3) is 0.652. The van der Waals surface area contributed by atoms with E-state index in [4.69, 9.17) is 11.6 Å². The first-order valence-electron chi connectivity index (χ1n) is 11.1. The summed E-state index contributed by atoms with van der Waals surface area (Å²) in [6.07, 6.45) is 1.30. The SMILES string of the molecule is CC(=O)NCC1C[C@H](C(=O)N[C@H](c2c(F)ccc(Cl)c2F)C23CCC(F)(CC2)C3)C[C@H]1O. The van der Waals surface area contributed by atoms with Crippen molar-refractivity contribution in [1.29, 1.82) is 0 Å². The quantitative estimate of drug-likeness (QED) is 0.548. The molecule has 176 valence electrons. The summed E-state index contributed by atoms with van der Waals surface area (Å²) in [5.74, 6) is -3.30. The van der Waals surface area contributed by atoms with E-state index in [1.807, 2.05) is 0 Å². The zero-order valence-electron chi connectivity index (χ0n) is 17.9. The number of amides is 2. The highest BCUT2D eigenvalue weighted by atomic mass is 35.5. The fourth-order valence-corrected chi connectivity index (χ4v) is 6.15. The van der Waals surface area contributed by atoms with Crippen molar-refractivity contribution in [3.8, 4) is 0 Å². The van der Waals surface area contributed by atoms with E-state index in [0.717, 1.165) is 12.1 Å². The highest BCUT2D eigenvalue weighted by Gasteiger charge is 2.59. The molecule has 0 heterocycles. The third-order valence-corrected chi connectivity index (χ3v) is 8.01. The smallest absolute Gasteiger partial charge is 0.223 e.